The van der Waals surface area contributed by atoms with Gasteiger partial charge in [-0.15, -0.1) is 20.4 Å². The van der Waals surface area contributed by atoms with Crippen molar-refractivity contribution in [1.82, 2.24) is 20.4 Å². The SMILES string of the molecule is CCCCCCCCCCCCOc1ccc(C(=O)Nc2cc(-c3nnc(-c4ccc(OCCCCCCCCCCCC)c(OCCCCCCCCCCCC)c4)o3)cc(-c3nnc(-c4ccc(OCCCCCCCCCCCC)c(OCCCCCCCCCCCC)c4)o3)c2)cc1OCCCCCCCCCCCC. The van der Waals surface area contributed by atoms with Crippen molar-refractivity contribution in [2.45, 2.75) is 427 Å². The van der Waals surface area contributed by atoms with Crippen LogP contribution in [-0.2, 0) is 0 Å². The van der Waals surface area contributed by atoms with Gasteiger partial charge in [-0.05, 0) is 111 Å². The van der Waals surface area contributed by atoms with Gasteiger partial charge < -0.3 is 42.6 Å². The first-order valence-corrected chi connectivity index (χ1v) is 48.2. The molecule has 0 saturated carbocycles. The molecule has 0 aliphatic rings. The number of amides is 1. The Labute approximate surface area is 700 Å². The maximum Gasteiger partial charge on any atom is 0.255 e. The molecule has 0 atom stereocenters. The van der Waals surface area contributed by atoms with Crippen molar-refractivity contribution in [1.29, 1.82) is 0 Å². The lowest BCUT2D eigenvalue weighted by molar-refractivity contribution is 0.102. The predicted molar refractivity (Wildman–Crippen MR) is 482 cm³/mol. The molecule has 0 unspecified atom stereocenters. The van der Waals surface area contributed by atoms with Crippen molar-refractivity contribution in [3.8, 4) is 80.3 Å². The van der Waals surface area contributed by atoms with Gasteiger partial charge in [-0.25, -0.2) is 0 Å². The Bertz CT molecular complexity index is 3170. The summed E-state index contributed by atoms with van der Waals surface area (Å²) in [7, 11) is 0. The standard InChI is InChI=1S/C101H163N5O9/c1-7-13-19-25-31-37-43-49-55-61-73-108-91-70-67-85(82-94(91)111-76-64-58-52-46-40-34-28-22-16-10-4)97(107)102-90-80-88(100-105-103-98(114-100)86-68-71-92(109-74-62-56-50-44-38-32-26-20-14-8-2)95(83-86)112-77-65-59-53-47-41-35-29-23-17-11-5)79-89(81-90)101-106-104-99(115-101)87-69-72-93(110-75-63-57-51-45-39-33-27-21-15-9-3)96(84-87)113-78-66-60-54-48-42-36-30-24-18-12-6/h67-72,79-84H,7-66,73-78H2,1-6H3,(H,102,107). The Kier molecular flexibility index (Phi) is 56.1. The number of hydrogen-bond donors (Lipinski definition) is 1. The van der Waals surface area contributed by atoms with E-state index in [1.807, 2.05) is 72.8 Å². The molecule has 14 nitrogen and oxygen atoms in total. The van der Waals surface area contributed by atoms with E-state index in [0.717, 1.165) is 88.5 Å². The molecule has 115 heavy (non-hydrogen) atoms. The Morgan fingerprint density at radius 3 is 0.696 bits per heavy atom. The minimum absolute atomic E-state index is 0.241. The molecule has 4 aromatic carbocycles. The minimum atomic E-state index is -0.327. The van der Waals surface area contributed by atoms with Crippen molar-refractivity contribution >= 4 is 11.6 Å². The third-order valence-electron chi connectivity index (χ3n) is 22.7. The number of ether oxygens (including phenoxy) is 6. The zero-order valence-electron chi connectivity index (χ0n) is 74.1. The lowest BCUT2D eigenvalue weighted by atomic mass is 10.1. The van der Waals surface area contributed by atoms with Gasteiger partial charge in [-0.1, -0.05) is 388 Å². The fourth-order valence-electron chi connectivity index (χ4n) is 15.3. The maximum atomic E-state index is 14.9. The topological polar surface area (TPSA) is 162 Å². The van der Waals surface area contributed by atoms with Gasteiger partial charge in [0.05, 0.1) is 39.6 Å². The van der Waals surface area contributed by atoms with Gasteiger partial charge in [0, 0.05) is 33.5 Å². The average molecular weight is 1590 g/mol. The lowest BCUT2D eigenvalue weighted by Crippen LogP contribution is -2.13. The van der Waals surface area contributed by atoms with Gasteiger partial charge >= 0.3 is 0 Å². The third-order valence-corrected chi connectivity index (χ3v) is 22.7. The lowest BCUT2D eigenvalue weighted by Gasteiger charge is -2.15. The number of rotatable bonds is 78. The van der Waals surface area contributed by atoms with Crippen molar-refractivity contribution < 1.29 is 42.1 Å². The van der Waals surface area contributed by atoms with Crippen LogP contribution in [0.25, 0.3) is 45.8 Å². The van der Waals surface area contributed by atoms with E-state index < -0.39 is 0 Å². The molecular formula is C101H163N5O9. The molecule has 0 saturated heterocycles. The van der Waals surface area contributed by atoms with Crippen molar-refractivity contribution in [3.63, 3.8) is 0 Å². The molecule has 0 bridgehead atoms. The Morgan fingerprint density at radius 2 is 0.443 bits per heavy atom. The molecule has 1 N–H and O–H groups in total. The number of aromatic nitrogens is 4. The van der Waals surface area contributed by atoms with Crippen molar-refractivity contribution in [2.24, 2.45) is 0 Å². The Hall–Kier alpha value is -6.57. The molecule has 0 radical (unpaired) electrons. The van der Waals surface area contributed by atoms with Crippen molar-refractivity contribution in [3.05, 3.63) is 78.4 Å². The first-order valence-electron chi connectivity index (χ1n) is 48.2. The fraction of sp³-hybridized carbons (Fsp3) is 0.713. The van der Waals surface area contributed by atoms with Crippen LogP contribution in [0.3, 0.4) is 0 Å². The summed E-state index contributed by atoms with van der Waals surface area (Å²) in [5.41, 5.74) is 3.40. The molecule has 0 aliphatic heterocycles. The highest BCUT2D eigenvalue weighted by atomic mass is 16.5. The molecule has 2 aromatic heterocycles. The van der Waals surface area contributed by atoms with E-state index in [1.165, 1.54) is 308 Å². The summed E-state index contributed by atoms with van der Waals surface area (Å²) < 4.78 is 52.6. The molecule has 6 aromatic rings. The fourth-order valence-corrected chi connectivity index (χ4v) is 15.3. The second kappa shape index (κ2) is 66.3. The van der Waals surface area contributed by atoms with Crippen LogP contribution in [0.4, 0.5) is 5.69 Å². The first-order chi connectivity index (χ1) is 56.9. The monoisotopic (exact) mass is 1590 g/mol. The number of carbonyl (C=O) groups excluding carboxylic acids is 1. The average Bonchev–Trinajstić information content (AvgIpc) is 1.66. The maximum absolute atomic E-state index is 14.9. The minimum Gasteiger partial charge on any atom is -0.490 e. The van der Waals surface area contributed by atoms with Crippen molar-refractivity contribution in [2.75, 3.05) is 45.0 Å². The van der Waals surface area contributed by atoms with Crippen LogP contribution in [0.15, 0.2) is 81.6 Å². The molecule has 6 rings (SSSR count). The van der Waals surface area contributed by atoms with Gasteiger partial charge in [-0.2, -0.15) is 0 Å². The number of anilines is 1. The molecular weight excluding hydrogens is 1430 g/mol. The molecule has 0 spiro atoms. The van der Waals surface area contributed by atoms with Gasteiger partial charge in [0.25, 0.3) is 5.91 Å². The van der Waals surface area contributed by atoms with E-state index >= 15 is 0 Å². The van der Waals surface area contributed by atoms with Gasteiger partial charge in [-0.3, -0.25) is 4.79 Å². The van der Waals surface area contributed by atoms with E-state index in [4.69, 9.17) is 37.3 Å². The van der Waals surface area contributed by atoms with Crippen LogP contribution >= 0.6 is 0 Å². The highest BCUT2D eigenvalue weighted by molar-refractivity contribution is 6.05. The number of nitrogens with one attached hydrogen (secondary N) is 1. The van der Waals surface area contributed by atoms with Crippen LogP contribution < -0.4 is 33.7 Å². The van der Waals surface area contributed by atoms with Crippen LogP contribution in [0, 0.1) is 0 Å². The molecule has 2 heterocycles. The molecule has 1 amide bonds. The van der Waals surface area contributed by atoms with Crippen LogP contribution in [0.5, 0.6) is 34.5 Å². The largest absolute Gasteiger partial charge is 0.490 e. The summed E-state index contributed by atoms with van der Waals surface area (Å²) in [5.74, 6) is 4.79. The second-order valence-electron chi connectivity index (χ2n) is 33.2. The number of nitrogens with zero attached hydrogens (tertiary/aromatic N) is 4. The summed E-state index contributed by atoms with van der Waals surface area (Å²) in [6.07, 6.45) is 75.0. The second-order valence-corrected chi connectivity index (χ2v) is 33.2. The summed E-state index contributed by atoms with van der Waals surface area (Å²) in [6, 6.07) is 23.0. The summed E-state index contributed by atoms with van der Waals surface area (Å²) >= 11 is 0. The van der Waals surface area contributed by atoms with E-state index in [0.29, 0.717) is 108 Å². The van der Waals surface area contributed by atoms with Gasteiger partial charge in [0.1, 0.15) is 0 Å². The van der Waals surface area contributed by atoms with Crippen LogP contribution in [0.2, 0.25) is 0 Å². The number of hydrogen-bond acceptors (Lipinski definition) is 13. The number of benzene rings is 4. The van der Waals surface area contributed by atoms with E-state index in [2.05, 4.69) is 67.3 Å². The quantitative estimate of drug-likeness (QED) is 0.0359. The molecule has 14 heteroatoms. The number of unbranched alkanes of at least 4 members (excludes halogenated alkanes) is 54. The highest BCUT2D eigenvalue weighted by Crippen LogP contribution is 2.39. The van der Waals surface area contributed by atoms with Gasteiger partial charge in [0.15, 0.2) is 34.5 Å². The molecule has 646 valence electrons. The van der Waals surface area contributed by atoms with E-state index in [1.54, 1.807) is 0 Å². The number of carbonyl (C=O) groups is 1. The summed E-state index contributed by atoms with van der Waals surface area (Å²) in [5, 5.41) is 21.9. The Morgan fingerprint density at radius 1 is 0.235 bits per heavy atom. The highest BCUT2D eigenvalue weighted by Gasteiger charge is 2.22. The van der Waals surface area contributed by atoms with Crippen LogP contribution in [0.1, 0.15) is 437 Å². The normalized spacial score (nSPS) is 11.5. The van der Waals surface area contributed by atoms with Crippen LogP contribution in [-0.4, -0.2) is 65.9 Å². The van der Waals surface area contributed by atoms with E-state index in [-0.39, 0.29) is 17.7 Å². The molecule has 0 aliphatic carbocycles. The first kappa shape index (κ1) is 97.3. The molecule has 0 fully saturated rings. The van der Waals surface area contributed by atoms with E-state index in [9.17, 15) is 4.79 Å². The predicted octanol–water partition coefficient (Wildman–Crippen LogP) is 32.2. The summed E-state index contributed by atoms with van der Waals surface area (Å²) in [6.45, 7) is 17.2. The third kappa shape index (κ3) is 44.2. The smallest absolute Gasteiger partial charge is 0.255 e. The zero-order valence-corrected chi connectivity index (χ0v) is 74.1. The zero-order chi connectivity index (χ0) is 81.2. The summed E-state index contributed by atoms with van der Waals surface area (Å²) in [4.78, 5) is 14.9. The van der Waals surface area contributed by atoms with Gasteiger partial charge in [0.2, 0.25) is 23.6 Å². The Balaban J connectivity index is 1.26.